The lowest BCUT2D eigenvalue weighted by Gasteiger charge is -2.39. The van der Waals surface area contributed by atoms with Crippen molar-refractivity contribution in [3.8, 4) is 5.75 Å². The highest BCUT2D eigenvalue weighted by Gasteiger charge is 2.38. The van der Waals surface area contributed by atoms with Crippen molar-refractivity contribution in [2.75, 3.05) is 14.2 Å². The summed E-state index contributed by atoms with van der Waals surface area (Å²) in [5.74, 6) is -1.17. The van der Waals surface area contributed by atoms with Gasteiger partial charge in [0.15, 0.2) is 11.4 Å². The van der Waals surface area contributed by atoms with E-state index in [0.717, 1.165) is 25.7 Å². The molecule has 7 heteroatoms. The molecule has 0 unspecified atom stereocenters. The fourth-order valence-electron chi connectivity index (χ4n) is 3.39. The zero-order chi connectivity index (χ0) is 15.9. The maximum Gasteiger partial charge on any atom is 0.343 e. The number of pyridine rings is 1. The molecule has 0 radical (unpaired) electrons. The van der Waals surface area contributed by atoms with Gasteiger partial charge >= 0.3 is 5.97 Å². The minimum absolute atomic E-state index is 0.0199. The average Bonchev–Trinajstić information content (AvgIpc) is 2.54. The van der Waals surface area contributed by atoms with E-state index in [1.165, 1.54) is 20.4 Å². The van der Waals surface area contributed by atoms with Gasteiger partial charge < -0.3 is 19.4 Å². The number of fused-ring (bicyclic) bond motifs is 3. The molecule has 1 amide bonds. The molecule has 2 heterocycles. The lowest BCUT2D eigenvalue weighted by molar-refractivity contribution is 0.0594. The largest absolute Gasteiger partial charge is 0.491 e. The van der Waals surface area contributed by atoms with Gasteiger partial charge in [0, 0.05) is 12.2 Å². The summed E-state index contributed by atoms with van der Waals surface area (Å²) < 4.78 is 11.5. The quantitative estimate of drug-likeness (QED) is 0.819. The van der Waals surface area contributed by atoms with E-state index in [-0.39, 0.29) is 35.0 Å². The number of rotatable bonds is 2. The van der Waals surface area contributed by atoms with Crippen LogP contribution in [0.1, 0.15) is 52.6 Å². The van der Waals surface area contributed by atoms with E-state index in [0.29, 0.717) is 0 Å². The molecule has 1 fully saturated rings. The Balaban J connectivity index is 2.24. The minimum Gasteiger partial charge on any atom is -0.491 e. The second-order valence-electron chi connectivity index (χ2n) is 5.58. The fraction of sp³-hybridized carbons (Fsp3) is 0.533. The van der Waals surface area contributed by atoms with Crippen molar-refractivity contribution in [1.29, 1.82) is 0 Å². The number of hydrogen-bond donors (Lipinski definition) is 1. The molecule has 7 nitrogen and oxygen atoms in total. The highest BCUT2D eigenvalue weighted by atomic mass is 16.5. The number of carbonyl (C=O) groups is 2. The molecule has 0 saturated heterocycles. The van der Waals surface area contributed by atoms with E-state index < -0.39 is 11.4 Å². The Morgan fingerprint density at radius 1 is 1.27 bits per heavy atom. The van der Waals surface area contributed by atoms with Crippen LogP contribution >= 0.6 is 0 Å². The second kappa shape index (κ2) is 5.47. The van der Waals surface area contributed by atoms with Crippen LogP contribution in [0.15, 0.2) is 11.0 Å². The summed E-state index contributed by atoms with van der Waals surface area (Å²) in [4.78, 5) is 36.6. The van der Waals surface area contributed by atoms with Gasteiger partial charge in [-0.05, 0) is 12.8 Å². The van der Waals surface area contributed by atoms with Crippen LogP contribution in [-0.4, -0.2) is 36.7 Å². The number of aromatic nitrogens is 1. The molecule has 1 saturated carbocycles. The van der Waals surface area contributed by atoms with Crippen molar-refractivity contribution >= 4 is 11.9 Å². The summed E-state index contributed by atoms with van der Waals surface area (Å²) >= 11 is 0. The molecule has 118 valence electrons. The van der Waals surface area contributed by atoms with E-state index in [2.05, 4.69) is 10.1 Å². The van der Waals surface area contributed by atoms with Gasteiger partial charge in [-0.15, -0.1) is 0 Å². The molecule has 1 aliphatic carbocycles. The zero-order valence-electron chi connectivity index (χ0n) is 12.5. The van der Waals surface area contributed by atoms with Gasteiger partial charge in [-0.2, -0.15) is 0 Å². The van der Waals surface area contributed by atoms with Gasteiger partial charge in [0.1, 0.15) is 5.56 Å². The van der Waals surface area contributed by atoms with Crippen molar-refractivity contribution in [1.82, 2.24) is 9.88 Å². The SMILES string of the molecule is COC(=O)c1cn2c(c(OC)c1=O)C(=O)N[C@@H]1CCCC[C@H]12. The fourth-order valence-corrected chi connectivity index (χ4v) is 3.39. The number of methoxy groups -OCH3 is 2. The Morgan fingerprint density at radius 2 is 2.00 bits per heavy atom. The molecular formula is C15H18N2O5. The van der Waals surface area contributed by atoms with Crippen LogP contribution in [0.4, 0.5) is 0 Å². The number of nitrogens with zero attached hydrogens (tertiary/aromatic N) is 1. The number of amides is 1. The predicted octanol–water partition coefficient (Wildman–Crippen LogP) is 0.871. The molecule has 3 rings (SSSR count). The summed E-state index contributed by atoms with van der Waals surface area (Å²) in [6.07, 6.45) is 5.30. The Hall–Kier alpha value is -2.31. The van der Waals surface area contributed by atoms with Gasteiger partial charge in [0.05, 0.1) is 20.3 Å². The molecule has 2 aliphatic rings. The van der Waals surface area contributed by atoms with Gasteiger partial charge in [-0.3, -0.25) is 9.59 Å². The van der Waals surface area contributed by atoms with Crippen LogP contribution in [0.3, 0.4) is 0 Å². The molecule has 0 spiro atoms. The first-order chi connectivity index (χ1) is 10.6. The molecule has 1 aromatic rings. The van der Waals surface area contributed by atoms with E-state index in [4.69, 9.17) is 4.74 Å². The number of nitrogens with one attached hydrogen (secondary N) is 1. The molecule has 0 bridgehead atoms. The number of esters is 1. The molecule has 1 aromatic heterocycles. The van der Waals surface area contributed by atoms with Gasteiger partial charge in [0.2, 0.25) is 5.43 Å². The van der Waals surface area contributed by atoms with Gasteiger partial charge in [-0.1, -0.05) is 12.8 Å². The van der Waals surface area contributed by atoms with Crippen molar-refractivity contribution in [2.24, 2.45) is 0 Å². The number of ether oxygens (including phenoxy) is 2. The first-order valence-electron chi connectivity index (χ1n) is 7.30. The zero-order valence-corrected chi connectivity index (χ0v) is 12.5. The third-order valence-electron chi connectivity index (χ3n) is 4.42. The normalized spacial score (nSPS) is 23.1. The van der Waals surface area contributed by atoms with Crippen LogP contribution in [0.25, 0.3) is 0 Å². The molecule has 1 N–H and O–H groups in total. The standard InChI is InChI=1S/C15H18N2O5/c1-21-13-11-14(19)16-9-5-3-4-6-10(9)17(11)7-8(12(13)18)15(20)22-2/h7,9-10H,3-6H2,1-2H3,(H,16,19)/t9-,10-/m1/s1. The van der Waals surface area contributed by atoms with Crippen LogP contribution in [0.5, 0.6) is 5.75 Å². The van der Waals surface area contributed by atoms with Gasteiger partial charge in [-0.25, -0.2) is 4.79 Å². The third kappa shape index (κ3) is 2.08. The Bertz CT molecular complexity index is 694. The number of carbonyl (C=O) groups excluding carboxylic acids is 2. The third-order valence-corrected chi connectivity index (χ3v) is 4.42. The summed E-state index contributed by atoms with van der Waals surface area (Å²) in [6, 6.07) is 0.0470. The molecule has 1 aliphatic heterocycles. The van der Waals surface area contributed by atoms with Crippen LogP contribution < -0.4 is 15.5 Å². The smallest absolute Gasteiger partial charge is 0.343 e. The predicted molar refractivity (Wildman–Crippen MR) is 77.4 cm³/mol. The maximum absolute atomic E-state index is 12.4. The Kier molecular flexibility index (Phi) is 3.64. The van der Waals surface area contributed by atoms with Gasteiger partial charge in [0.25, 0.3) is 5.91 Å². The van der Waals surface area contributed by atoms with Crippen molar-refractivity contribution in [2.45, 2.75) is 37.8 Å². The van der Waals surface area contributed by atoms with Crippen LogP contribution in [0.2, 0.25) is 0 Å². The molecule has 0 aromatic carbocycles. The summed E-state index contributed by atoms with van der Waals surface area (Å²) in [5, 5.41) is 2.94. The van der Waals surface area contributed by atoms with Crippen molar-refractivity contribution in [3.05, 3.63) is 27.7 Å². The average molecular weight is 306 g/mol. The monoisotopic (exact) mass is 306 g/mol. The first-order valence-corrected chi connectivity index (χ1v) is 7.30. The molecule has 22 heavy (non-hydrogen) atoms. The molecular weight excluding hydrogens is 288 g/mol. The van der Waals surface area contributed by atoms with E-state index in [9.17, 15) is 14.4 Å². The van der Waals surface area contributed by atoms with Crippen molar-refractivity contribution < 1.29 is 19.1 Å². The Labute approximate surface area is 127 Å². The van der Waals surface area contributed by atoms with E-state index >= 15 is 0 Å². The molecule has 2 atom stereocenters. The summed E-state index contributed by atoms with van der Waals surface area (Å²) in [7, 11) is 2.54. The first kappa shape index (κ1) is 14.6. The topological polar surface area (TPSA) is 86.6 Å². The second-order valence-corrected chi connectivity index (χ2v) is 5.58. The lowest BCUT2D eigenvalue weighted by Crippen LogP contribution is -2.50. The van der Waals surface area contributed by atoms with E-state index in [1.54, 1.807) is 4.57 Å². The van der Waals surface area contributed by atoms with E-state index in [1.807, 2.05) is 0 Å². The Morgan fingerprint density at radius 3 is 2.68 bits per heavy atom. The van der Waals surface area contributed by atoms with Crippen molar-refractivity contribution in [3.63, 3.8) is 0 Å². The minimum atomic E-state index is -0.725. The van der Waals surface area contributed by atoms with Crippen LogP contribution in [0, 0.1) is 0 Å². The maximum atomic E-state index is 12.4. The highest BCUT2D eigenvalue weighted by Crippen LogP contribution is 2.34. The van der Waals surface area contributed by atoms with Crippen LogP contribution in [-0.2, 0) is 4.74 Å². The number of hydrogen-bond acceptors (Lipinski definition) is 5. The highest BCUT2D eigenvalue weighted by molar-refractivity contribution is 5.98. The summed E-state index contributed by atoms with van der Waals surface area (Å²) in [6.45, 7) is 0. The summed E-state index contributed by atoms with van der Waals surface area (Å²) in [5.41, 5.74) is -0.546. The lowest BCUT2D eigenvalue weighted by atomic mass is 9.87.